The third-order valence-corrected chi connectivity index (χ3v) is 5.71. The zero-order chi connectivity index (χ0) is 25.8. The maximum atomic E-state index is 13.1. The van der Waals surface area contributed by atoms with E-state index in [1.165, 1.54) is 39.4 Å². The van der Waals surface area contributed by atoms with E-state index in [1.807, 2.05) is 0 Å². The SMILES string of the molecule is COc1ccc(OC)c(/C=C/C(=O)OC(C)C(=O)Nc2cccc3c2C(=O)c2ccccc2C3=O)c1. The molecule has 3 aromatic rings. The zero-order valence-corrected chi connectivity index (χ0v) is 19.9. The van der Waals surface area contributed by atoms with Crippen molar-refractivity contribution in [3.05, 3.63) is 94.6 Å². The van der Waals surface area contributed by atoms with Crippen molar-refractivity contribution in [3.63, 3.8) is 0 Å². The van der Waals surface area contributed by atoms with E-state index >= 15 is 0 Å². The topological polar surface area (TPSA) is 108 Å². The Kier molecular flexibility index (Phi) is 6.96. The molecular weight excluding hydrogens is 462 g/mol. The molecule has 1 unspecified atom stereocenters. The van der Waals surface area contributed by atoms with Gasteiger partial charge in [0.15, 0.2) is 17.7 Å². The van der Waals surface area contributed by atoms with Crippen LogP contribution in [0.15, 0.2) is 66.7 Å². The standard InChI is InChI=1S/C28H23NO7/c1-16(36-24(30)14-11-17-15-18(34-2)12-13-23(17)35-3)28(33)29-22-10-6-9-21-25(22)27(32)20-8-5-4-7-19(20)26(21)31/h4-16H,1-3H3,(H,29,33)/b14-11+. The van der Waals surface area contributed by atoms with Crippen LogP contribution in [0, 0.1) is 0 Å². The third-order valence-electron chi connectivity index (χ3n) is 5.71. The average Bonchev–Trinajstić information content (AvgIpc) is 2.90. The molecule has 182 valence electrons. The van der Waals surface area contributed by atoms with Crippen LogP contribution in [0.2, 0.25) is 0 Å². The fraction of sp³-hybridized carbons (Fsp3) is 0.143. The summed E-state index contributed by atoms with van der Waals surface area (Å²) >= 11 is 0. The van der Waals surface area contributed by atoms with Crippen LogP contribution < -0.4 is 14.8 Å². The highest BCUT2D eigenvalue weighted by molar-refractivity contribution is 6.30. The lowest BCUT2D eigenvalue weighted by Gasteiger charge is -2.21. The molecule has 36 heavy (non-hydrogen) atoms. The molecule has 0 aliphatic heterocycles. The molecule has 1 aliphatic rings. The van der Waals surface area contributed by atoms with Gasteiger partial charge in [-0.15, -0.1) is 0 Å². The van der Waals surface area contributed by atoms with E-state index in [-0.39, 0.29) is 33.9 Å². The molecule has 0 saturated heterocycles. The lowest BCUT2D eigenvalue weighted by atomic mass is 9.83. The first-order valence-electron chi connectivity index (χ1n) is 11.1. The molecule has 8 nitrogen and oxygen atoms in total. The first-order valence-corrected chi connectivity index (χ1v) is 11.1. The summed E-state index contributed by atoms with van der Waals surface area (Å²) in [5.74, 6) is -0.954. The van der Waals surface area contributed by atoms with Crippen LogP contribution in [0.1, 0.15) is 44.3 Å². The average molecular weight is 485 g/mol. The lowest BCUT2D eigenvalue weighted by Crippen LogP contribution is -2.31. The predicted molar refractivity (Wildman–Crippen MR) is 133 cm³/mol. The van der Waals surface area contributed by atoms with Crippen molar-refractivity contribution in [2.75, 3.05) is 19.5 Å². The van der Waals surface area contributed by atoms with Crippen LogP contribution in [0.4, 0.5) is 5.69 Å². The van der Waals surface area contributed by atoms with Crippen molar-refractivity contribution in [1.82, 2.24) is 0 Å². The quantitative estimate of drug-likeness (QED) is 0.311. The van der Waals surface area contributed by atoms with Crippen molar-refractivity contribution in [2.45, 2.75) is 13.0 Å². The summed E-state index contributed by atoms with van der Waals surface area (Å²) in [6.45, 7) is 1.41. The summed E-state index contributed by atoms with van der Waals surface area (Å²) in [6, 6.07) is 16.3. The van der Waals surface area contributed by atoms with Crippen LogP contribution in [-0.4, -0.2) is 43.8 Å². The second-order valence-corrected chi connectivity index (χ2v) is 7.94. The Labute approximate surface area is 207 Å². The molecule has 1 atom stereocenters. The molecule has 0 aromatic heterocycles. The number of carbonyl (C=O) groups is 4. The van der Waals surface area contributed by atoms with E-state index < -0.39 is 18.0 Å². The molecule has 8 heteroatoms. The van der Waals surface area contributed by atoms with E-state index in [1.54, 1.807) is 54.6 Å². The smallest absolute Gasteiger partial charge is 0.331 e. The van der Waals surface area contributed by atoms with Gasteiger partial charge in [-0.2, -0.15) is 0 Å². The number of hydrogen-bond acceptors (Lipinski definition) is 7. The van der Waals surface area contributed by atoms with Crippen LogP contribution >= 0.6 is 0 Å². The van der Waals surface area contributed by atoms with Gasteiger partial charge in [-0.05, 0) is 37.3 Å². The summed E-state index contributed by atoms with van der Waals surface area (Å²) in [5.41, 5.74) is 1.67. The summed E-state index contributed by atoms with van der Waals surface area (Å²) < 4.78 is 15.7. The Morgan fingerprint density at radius 1 is 0.861 bits per heavy atom. The number of rotatable bonds is 7. The van der Waals surface area contributed by atoms with E-state index in [4.69, 9.17) is 14.2 Å². The normalized spacial score (nSPS) is 13.0. The van der Waals surface area contributed by atoms with Gasteiger partial charge in [0, 0.05) is 28.3 Å². The fourth-order valence-corrected chi connectivity index (χ4v) is 3.88. The highest BCUT2D eigenvalue weighted by Gasteiger charge is 2.32. The molecule has 0 saturated carbocycles. The molecule has 0 spiro atoms. The minimum atomic E-state index is -1.17. The van der Waals surface area contributed by atoms with E-state index in [9.17, 15) is 19.2 Å². The first kappa shape index (κ1) is 24.4. The minimum Gasteiger partial charge on any atom is -0.497 e. The summed E-state index contributed by atoms with van der Waals surface area (Å²) in [4.78, 5) is 51.1. The number of nitrogens with one attached hydrogen (secondary N) is 1. The lowest BCUT2D eigenvalue weighted by molar-refractivity contribution is -0.148. The van der Waals surface area contributed by atoms with Crippen LogP contribution in [0.3, 0.4) is 0 Å². The van der Waals surface area contributed by atoms with Gasteiger partial charge in [0.25, 0.3) is 5.91 Å². The first-order chi connectivity index (χ1) is 17.3. The molecule has 1 N–H and O–H groups in total. The van der Waals surface area contributed by atoms with Gasteiger partial charge in [0.05, 0.1) is 25.5 Å². The number of esters is 1. The van der Waals surface area contributed by atoms with Gasteiger partial charge in [0.2, 0.25) is 0 Å². The van der Waals surface area contributed by atoms with E-state index in [2.05, 4.69) is 5.32 Å². The number of hydrogen-bond donors (Lipinski definition) is 1. The van der Waals surface area contributed by atoms with Crippen LogP contribution in [0.25, 0.3) is 6.08 Å². The summed E-state index contributed by atoms with van der Waals surface area (Å²) in [6.07, 6.45) is 1.49. The van der Waals surface area contributed by atoms with Gasteiger partial charge < -0.3 is 19.5 Å². The molecule has 4 rings (SSSR count). The summed E-state index contributed by atoms with van der Waals surface area (Å²) in [7, 11) is 3.03. The van der Waals surface area contributed by atoms with Crippen molar-refractivity contribution in [3.8, 4) is 11.5 Å². The number of methoxy groups -OCH3 is 2. The Bertz CT molecular complexity index is 1410. The van der Waals surface area contributed by atoms with E-state index in [0.717, 1.165) is 0 Å². The largest absolute Gasteiger partial charge is 0.497 e. The maximum absolute atomic E-state index is 13.1. The van der Waals surface area contributed by atoms with Crippen molar-refractivity contribution < 1.29 is 33.4 Å². The molecular formula is C28H23NO7. The van der Waals surface area contributed by atoms with Gasteiger partial charge in [-0.1, -0.05) is 36.4 Å². The number of carbonyl (C=O) groups excluding carboxylic acids is 4. The van der Waals surface area contributed by atoms with Crippen molar-refractivity contribution in [1.29, 1.82) is 0 Å². The predicted octanol–water partition coefficient (Wildman–Crippen LogP) is 4.06. The Morgan fingerprint density at radius 3 is 2.25 bits per heavy atom. The number of ether oxygens (including phenoxy) is 3. The molecule has 3 aromatic carbocycles. The van der Waals surface area contributed by atoms with Crippen LogP contribution in [0.5, 0.6) is 11.5 Å². The monoisotopic (exact) mass is 485 g/mol. The number of anilines is 1. The molecule has 1 aliphatic carbocycles. The van der Waals surface area contributed by atoms with Gasteiger partial charge in [0.1, 0.15) is 11.5 Å². The molecule has 0 fully saturated rings. The highest BCUT2D eigenvalue weighted by atomic mass is 16.5. The maximum Gasteiger partial charge on any atom is 0.331 e. The number of ketones is 2. The molecule has 0 heterocycles. The number of fused-ring (bicyclic) bond motifs is 2. The van der Waals surface area contributed by atoms with Crippen molar-refractivity contribution in [2.24, 2.45) is 0 Å². The second-order valence-electron chi connectivity index (χ2n) is 7.94. The van der Waals surface area contributed by atoms with Gasteiger partial charge in [-0.25, -0.2) is 4.79 Å². The Balaban J connectivity index is 1.48. The summed E-state index contributed by atoms with van der Waals surface area (Å²) in [5, 5.41) is 2.61. The van der Waals surface area contributed by atoms with Gasteiger partial charge in [-0.3, -0.25) is 14.4 Å². The zero-order valence-electron chi connectivity index (χ0n) is 19.9. The Morgan fingerprint density at radius 2 is 1.56 bits per heavy atom. The molecule has 0 radical (unpaired) electrons. The van der Waals surface area contributed by atoms with E-state index in [0.29, 0.717) is 22.6 Å². The number of amides is 1. The Hall–Kier alpha value is -4.72. The van der Waals surface area contributed by atoms with Crippen LogP contribution in [-0.2, 0) is 14.3 Å². The molecule has 1 amide bonds. The third kappa shape index (κ3) is 4.74. The minimum absolute atomic E-state index is 0.109. The van der Waals surface area contributed by atoms with Gasteiger partial charge >= 0.3 is 5.97 Å². The van der Waals surface area contributed by atoms with Crippen molar-refractivity contribution >= 4 is 35.2 Å². The number of benzene rings is 3. The molecule has 0 bridgehead atoms. The highest BCUT2D eigenvalue weighted by Crippen LogP contribution is 2.32. The second kappa shape index (κ2) is 10.3. The fourth-order valence-electron chi connectivity index (χ4n) is 3.88.